The maximum atomic E-state index is 12.7. The molecule has 0 bridgehead atoms. The first-order valence-electron chi connectivity index (χ1n) is 14.3. The predicted octanol–water partition coefficient (Wildman–Crippen LogP) is 5.52. The van der Waals surface area contributed by atoms with Gasteiger partial charge in [-0.2, -0.15) is 0 Å². The van der Waals surface area contributed by atoms with Gasteiger partial charge >= 0.3 is 11.9 Å². The smallest absolute Gasteiger partial charge is 0.308 e. The predicted molar refractivity (Wildman–Crippen MR) is 148 cm³/mol. The molecule has 7 nitrogen and oxygen atoms in total. The summed E-state index contributed by atoms with van der Waals surface area (Å²) < 4.78 is 17.7. The first kappa shape index (κ1) is 32.5. The number of rotatable bonds is 11. The molecule has 0 aliphatic heterocycles. The second kappa shape index (κ2) is 13.6. The summed E-state index contributed by atoms with van der Waals surface area (Å²) in [4.78, 5) is 25.0. The molecule has 218 valence electrons. The highest BCUT2D eigenvalue weighted by Gasteiger charge is 2.42. The Bertz CT molecular complexity index is 847. The number of carbonyl (C=O) groups is 2. The number of hydrogen-bond donors (Lipinski definition) is 2. The van der Waals surface area contributed by atoms with Crippen molar-refractivity contribution >= 4 is 11.9 Å². The number of esters is 2. The fourth-order valence-electron chi connectivity index (χ4n) is 5.48. The highest BCUT2D eigenvalue weighted by atomic mass is 16.6. The number of hydrogen-bond acceptors (Lipinski definition) is 7. The zero-order valence-corrected chi connectivity index (χ0v) is 25.0. The number of fused-ring (bicyclic) bond motifs is 1. The van der Waals surface area contributed by atoms with Gasteiger partial charge < -0.3 is 24.4 Å². The molecule has 2 aliphatic rings. The van der Waals surface area contributed by atoms with Gasteiger partial charge in [-0.1, -0.05) is 39.0 Å². The topological polar surface area (TPSA) is 102 Å². The van der Waals surface area contributed by atoms with E-state index in [1.54, 1.807) is 0 Å². The first-order valence-corrected chi connectivity index (χ1v) is 14.3. The van der Waals surface area contributed by atoms with Crippen LogP contribution in [-0.2, 0) is 23.8 Å². The average Bonchev–Trinajstić information content (AvgIpc) is 2.75. The molecule has 0 amide bonds. The lowest BCUT2D eigenvalue weighted by Gasteiger charge is -2.43. The molecular weight excluding hydrogens is 484 g/mol. The van der Waals surface area contributed by atoms with Crippen molar-refractivity contribution in [2.24, 2.45) is 23.7 Å². The molecule has 0 aromatic heterocycles. The molecule has 0 unspecified atom stereocenters. The van der Waals surface area contributed by atoms with E-state index in [1.165, 1.54) is 0 Å². The fourth-order valence-corrected chi connectivity index (χ4v) is 5.48. The summed E-state index contributed by atoms with van der Waals surface area (Å²) in [5.74, 6) is -0.402. The monoisotopic (exact) mass is 536 g/mol. The number of aliphatic hydroxyl groups excluding tert-OH is 2. The van der Waals surface area contributed by atoms with Crippen molar-refractivity contribution in [2.75, 3.05) is 0 Å². The molecule has 38 heavy (non-hydrogen) atoms. The zero-order chi connectivity index (χ0) is 28.8. The Hall–Kier alpha value is -1.70. The minimum absolute atomic E-state index is 0.00613. The molecule has 2 rings (SSSR count). The van der Waals surface area contributed by atoms with E-state index in [2.05, 4.69) is 19.1 Å². The zero-order valence-electron chi connectivity index (χ0n) is 25.0. The van der Waals surface area contributed by atoms with Crippen LogP contribution in [0.15, 0.2) is 23.8 Å². The molecular formula is C31H52O7. The maximum absolute atomic E-state index is 12.7. The van der Waals surface area contributed by atoms with Gasteiger partial charge in [0.25, 0.3) is 0 Å². The van der Waals surface area contributed by atoms with Crippen molar-refractivity contribution in [1.82, 2.24) is 0 Å². The van der Waals surface area contributed by atoms with E-state index in [9.17, 15) is 19.8 Å². The van der Waals surface area contributed by atoms with E-state index in [4.69, 9.17) is 14.2 Å². The normalized spacial score (nSPS) is 28.1. The summed E-state index contributed by atoms with van der Waals surface area (Å²) >= 11 is 0. The van der Waals surface area contributed by atoms with Gasteiger partial charge in [0.1, 0.15) is 11.7 Å². The lowest BCUT2D eigenvalue weighted by Crippen LogP contribution is -2.43. The molecule has 0 aromatic rings. The van der Waals surface area contributed by atoms with Gasteiger partial charge in [0, 0.05) is 18.8 Å². The van der Waals surface area contributed by atoms with Crippen molar-refractivity contribution in [3.05, 3.63) is 23.8 Å². The minimum atomic E-state index is -0.870. The molecule has 2 N–H and O–H groups in total. The maximum Gasteiger partial charge on any atom is 0.308 e. The molecule has 0 fully saturated rings. The molecule has 7 heteroatoms. The third-order valence-electron chi connectivity index (χ3n) is 7.35. The van der Waals surface area contributed by atoms with Crippen molar-refractivity contribution < 1.29 is 34.0 Å². The Labute approximate surface area is 230 Å². The van der Waals surface area contributed by atoms with Gasteiger partial charge in [0.15, 0.2) is 0 Å². The quantitative estimate of drug-likeness (QED) is 0.335. The molecule has 0 radical (unpaired) electrons. The number of aliphatic hydroxyl groups is 2. The Kier molecular flexibility index (Phi) is 11.6. The van der Waals surface area contributed by atoms with Crippen LogP contribution in [-0.4, -0.2) is 57.8 Å². The Balaban J connectivity index is 2.17. The fraction of sp³-hybridized carbons (Fsp3) is 0.806. The van der Waals surface area contributed by atoms with E-state index in [-0.39, 0.29) is 48.3 Å². The Morgan fingerprint density at radius 3 is 2.37 bits per heavy atom. The molecule has 8 atom stereocenters. The second-order valence-electron chi connectivity index (χ2n) is 13.3. The van der Waals surface area contributed by atoms with Crippen molar-refractivity contribution in [1.29, 1.82) is 0 Å². The highest BCUT2D eigenvalue weighted by molar-refractivity contribution is 5.72. The number of carbonyl (C=O) groups excluding carboxylic acids is 2. The highest BCUT2D eigenvalue weighted by Crippen LogP contribution is 2.44. The standard InChI is InChI=1S/C31H52O7/c1-10-19(2)29(35)36-26-17-22(32)15-21-12-11-20(3)25(28(21)26)14-13-24(37-30(4,5)6)16-23(33)18-27(34)38-31(7,8)9/h11-12,15,19-20,22-26,28,32-33H,10,13-14,16-18H2,1-9H3/t19-,20-,22+,23+,24+,25-,26-,28-/m0/s1. The van der Waals surface area contributed by atoms with Crippen LogP contribution in [0.3, 0.4) is 0 Å². The average molecular weight is 537 g/mol. The second-order valence-corrected chi connectivity index (χ2v) is 13.3. The summed E-state index contributed by atoms with van der Waals surface area (Å²) in [5.41, 5.74) is 0.00576. The summed E-state index contributed by atoms with van der Waals surface area (Å²) in [6.45, 7) is 17.4. The molecule has 0 saturated heterocycles. The minimum Gasteiger partial charge on any atom is -0.461 e. The van der Waals surface area contributed by atoms with Gasteiger partial charge in [-0.15, -0.1) is 0 Å². The van der Waals surface area contributed by atoms with Gasteiger partial charge in [-0.3, -0.25) is 9.59 Å². The van der Waals surface area contributed by atoms with Gasteiger partial charge in [0.2, 0.25) is 0 Å². The summed E-state index contributed by atoms with van der Waals surface area (Å²) in [5, 5.41) is 21.2. The summed E-state index contributed by atoms with van der Waals surface area (Å²) in [6.07, 6.45) is 6.78. The van der Waals surface area contributed by atoms with Crippen molar-refractivity contribution in [3.8, 4) is 0 Å². The van der Waals surface area contributed by atoms with Crippen LogP contribution in [0.25, 0.3) is 0 Å². The van der Waals surface area contributed by atoms with E-state index in [0.29, 0.717) is 25.7 Å². The van der Waals surface area contributed by atoms with Crippen LogP contribution in [0.5, 0.6) is 0 Å². The van der Waals surface area contributed by atoms with Gasteiger partial charge in [-0.25, -0.2) is 0 Å². The van der Waals surface area contributed by atoms with Gasteiger partial charge in [-0.05, 0) is 78.2 Å². The molecule has 0 heterocycles. The number of ether oxygens (including phenoxy) is 3. The molecule has 0 aromatic carbocycles. The lowest BCUT2D eigenvalue weighted by atomic mass is 9.66. The third-order valence-corrected chi connectivity index (χ3v) is 7.35. The number of allylic oxidation sites excluding steroid dienone is 2. The van der Waals surface area contributed by atoms with Gasteiger partial charge in [0.05, 0.1) is 36.3 Å². The molecule has 2 aliphatic carbocycles. The molecule has 0 spiro atoms. The van der Waals surface area contributed by atoms with Crippen LogP contribution >= 0.6 is 0 Å². The summed E-state index contributed by atoms with van der Waals surface area (Å²) in [7, 11) is 0. The van der Waals surface area contributed by atoms with Crippen LogP contribution in [0.2, 0.25) is 0 Å². The van der Waals surface area contributed by atoms with Crippen LogP contribution in [0.1, 0.15) is 101 Å². The SMILES string of the molecule is CC[C@H](C)C(=O)O[C@H]1C[C@H](O)C=C2C=C[C@H](C)[C@H](CC[C@H](C[C@@H](O)CC(=O)OC(C)(C)C)OC(C)(C)C)[C@H]21. The van der Waals surface area contributed by atoms with Crippen molar-refractivity contribution in [2.45, 2.75) is 136 Å². The van der Waals surface area contributed by atoms with E-state index in [1.807, 2.05) is 61.5 Å². The van der Waals surface area contributed by atoms with Crippen LogP contribution in [0.4, 0.5) is 0 Å². The molecule has 0 saturated carbocycles. The van der Waals surface area contributed by atoms with Crippen molar-refractivity contribution in [3.63, 3.8) is 0 Å². The first-order chi connectivity index (χ1) is 17.5. The Morgan fingerprint density at radius 1 is 1.13 bits per heavy atom. The van der Waals surface area contributed by atoms with E-state index in [0.717, 1.165) is 12.0 Å². The van der Waals surface area contributed by atoms with E-state index < -0.39 is 29.4 Å². The van der Waals surface area contributed by atoms with E-state index >= 15 is 0 Å². The third kappa shape index (κ3) is 10.5. The Morgan fingerprint density at radius 2 is 1.79 bits per heavy atom. The largest absolute Gasteiger partial charge is 0.461 e. The lowest BCUT2D eigenvalue weighted by molar-refractivity contribution is -0.160. The summed E-state index contributed by atoms with van der Waals surface area (Å²) in [6, 6.07) is 0. The van der Waals surface area contributed by atoms with Crippen LogP contribution < -0.4 is 0 Å². The van der Waals surface area contributed by atoms with Crippen LogP contribution in [0, 0.1) is 23.7 Å².